The van der Waals surface area contributed by atoms with Gasteiger partial charge in [-0.25, -0.2) is 0 Å². The highest BCUT2D eigenvalue weighted by Crippen LogP contribution is 2.10. The number of aliphatic carboxylic acids is 1. The van der Waals surface area contributed by atoms with Gasteiger partial charge < -0.3 is 14.7 Å². The van der Waals surface area contributed by atoms with E-state index in [-0.39, 0.29) is 0 Å². The van der Waals surface area contributed by atoms with Gasteiger partial charge in [0.1, 0.15) is 0 Å². The van der Waals surface area contributed by atoms with Crippen LogP contribution in [0.2, 0.25) is 0 Å². The zero-order valence-electron chi connectivity index (χ0n) is 14.1. The normalized spacial score (nSPS) is 15.3. The smallest absolute Gasteiger partial charge is 0.303 e. The number of rotatable bonds is 10. The largest absolute Gasteiger partial charge is 0.481 e. The Labute approximate surface area is 130 Å². The van der Waals surface area contributed by atoms with E-state index >= 15 is 0 Å². The van der Waals surface area contributed by atoms with Gasteiger partial charge in [-0.1, -0.05) is 58.3 Å². The van der Waals surface area contributed by atoms with E-state index in [4.69, 9.17) is 9.84 Å². The summed E-state index contributed by atoms with van der Waals surface area (Å²) in [5, 5.41) is 8.41. The van der Waals surface area contributed by atoms with Crippen LogP contribution in [0.1, 0.15) is 71.1 Å². The lowest BCUT2D eigenvalue weighted by molar-refractivity contribution is -0.137. The second-order valence-corrected chi connectivity index (χ2v) is 5.89. The van der Waals surface area contributed by atoms with E-state index in [0.717, 1.165) is 39.1 Å². The molecule has 1 heterocycles. The predicted molar refractivity (Wildman–Crippen MR) is 87.8 cm³/mol. The highest BCUT2D eigenvalue weighted by molar-refractivity contribution is 5.66. The van der Waals surface area contributed by atoms with Crippen molar-refractivity contribution in [2.75, 3.05) is 33.4 Å². The molecule has 1 aliphatic rings. The summed E-state index contributed by atoms with van der Waals surface area (Å²) in [6.45, 7) is 6.25. The third-order valence-corrected chi connectivity index (χ3v) is 3.73. The van der Waals surface area contributed by atoms with Crippen LogP contribution >= 0.6 is 0 Å². The molecule has 1 rings (SSSR count). The molecule has 0 aliphatic carbocycles. The van der Waals surface area contributed by atoms with Gasteiger partial charge >= 0.3 is 5.97 Å². The van der Waals surface area contributed by atoms with Crippen LogP contribution in [0.5, 0.6) is 0 Å². The van der Waals surface area contributed by atoms with Crippen LogP contribution in [0.3, 0.4) is 0 Å². The van der Waals surface area contributed by atoms with Crippen molar-refractivity contribution in [3.05, 3.63) is 0 Å². The minimum absolute atomic E-state index is 0.343. The zero-order chi connectivity index (χ0) is 15.8. The lowest BCUT2D eigenvalue weighted by Crippen LogP contribution is -2.32. The first kappa shape index (κ1) is 20.4. The van der Waals surface area contributed by atoms with Crippen LogP contribution in [-0.2, 0) is 9.53 Å². The van der Waals surface area contributed by atoms with Crippen molar-refractivity contribution < 1.29 is 14.6 Å². The Balaban J connectivity index is 0.000000471. The fourth-order valence-electron chi connectivity index (χ4n) is 2.24. The second kappa shape index (κ2) is 15.8. The third kappa shape index (κ3) is 17.3. The van der Waals surface area contributed by atoms with Gasteiger partial charge in [-0.3, -0.25) is 4.79 Å². The van der Waals surface area contributed by atoms with E-state index in [1.807, 2.05) is 0 Å². The fourth-order valence-corrected chi connectivity index (χ4v) is 2.24. The Morgan fingerprint density at radius 3 is 1.81 bits per heavy atom. The lowest BCUT2D eigenvalue weighted by atomic mass is 10.1. The molecular formula is C17H35NO3. The van der Waals surface area contributed by atoms with Crippen molar-refractivity contribution in [2.45, 2.75) is 71.1 Å². The highest BCUT2D eigenvalue weighted by atomic mass is 16.5. The number of nitrogens with zero attached hydrogens (tertiary/aromatic N) is 1. The third-order valence-electron chi connectivity index (χ3n) is 3.73. The maximum absolute atomic E-state index is 10.2. The Hall–Kier alpha value is -0.610. The molecule has 4 heteroatoms. The molecule has 1 saturated heterocycles. The van der Waals surface area contributed by atoms with Gasteiger partial charge in [-0.2, -0.15) is 0 Å². The zero-order valence-corrected chi connectivity index (χ0v) is 14.1. The maximum atomic E-state index is 10.2. The number of hydrogen-bond donors (Lipinski definition) is 1. The quantitative estimate of drug-likeness (QED) is 0.621. The van der Waals surface area contributed by atoms with Crippen molar-refractivity contribution in [3.63, 3.8) is 0 Å². The molecule has 1 aliphatic heterocycles. The summed E-state index contributed by atoms with van der Waals surface area (Å²) >= 11 is 0. The number of ether oxygens (including phenoxy) is 1. The van der Waals surface area contributed by atoms with Gasteiger partial charge in [-0.15, -0.1) is 0 Å². The molecule has 0 aromatic carbocycles. The van der Waals surface area contributed by atoms with E-state index in [2.05, 4.69) is 18.9 Å². The van der Waals surface area contributed by atoms with E-state index in [1.54, 1.807) is 0 Å². The van der Waals surface area contributed by atoms with Gasteiger partial charge in [0.15, 0.2) is 0 Å². The van der Waals surface area contributed by atoms with Crippen LogP contribution in [-0.4, -0.2) is 49.3 Å². The molecule has 1 fully saturated rings. The second-order valence-electron chi connectivity index (χ2n) is 5.89. The molecule has 0 bridgehead atoms. The van der Waals surface area contributed by atoms with Crippen molar-refractivity contribution >= 4 is 5.97 Å². The number of carboxylic acid groups (broad SMARTS) is 1. The number of morpholine rings is 1. The highest BCUT2D eigenvalue weighted by Gasteiger charge is 2.02. The molecule has 4 nitrogen and oxygen atoms in total. The van der Waals surface area contributed by atoms with Crippen molar-refractivity contribution in [1.29, 1.82) is 0 Å². The molecule has 0 radical (unpaired) electrons. The van der Waals surface area contributed by atoms with Gasteiger partial charge in [0.25, 0.3) is 0 Å². The number of unbranched alkanes of at least 4 members (excludes halogenated alkanes) is 8. The van der Waals surface area contributed by atoms with E-state index in [0.29, 0.717) is 6.42 Å². The van der Waals surface area contributed by atoms with E-state index < -0.39 is 5.97 Å². The summed E-state index contributed by atoms with van der Waals surface area (Å²) in [7, 11) is 2.11. The molecule has 0 aromatic rings. The predicted octanol–water partition coefficient (Wildman–Crippen LogP) is 3.94. The Kier molecular flexibility index (Phi) is 15.3. The summed E-state index contributed by atoms with van der Waals surface area (Å²) in [4.78, 5) is 12.5. The summed E-state index contributed by atoms with van der Waals surface area (Å²) < 4.78 is 5.10. The number of likely N-dealkylation sites (N-methyl/N-ethyl adjacent to an activating group) is 1. The number of hydrogen-bond acceptors (Lipinski definition) is 3. The number of carboxylic acids is 1. The van der Waals surface area contributed by atoms with Crippen molar-refractivity contribution in [1.82, 2.24) is 4.90 Å². The van der Waals surface area contributed by atoms with Crippen LogP contribution in [0.25, 0.3) is 0 Å². The van der Waals surface area contributed by atoms with Crippen molar-refractivity contribution in [3.8, 4) is 0 Å². The fraction of sp³-hybridized carbons (Fsp3) is 0.941. The van der Waals surface area contributed by atoms with Gasteiger partial charge in [0, 0.05) is 19.5 Å². The van der Waals surface area contributed by atoms with Gasteiger partial charge in [0.2, 0.25) is 0 Å². The molecule has 1 N–H and O–H groups in total. The number of carbonyl (C=O) groups is 1. The monoisotopic (exact) mass is 301 g/mol. The molecule has 0 atom stereocenters. The summed E-state index contributed by atoms with van der Waals surface area (Å²) in [5.74, 6) is -0.659. The molecule has 0 spiro atoms. The van der Waals surface area contributed by atoms with Crippen molar-refractivity contribution in [2.24, 2.45) is 0 Å². The standard InChI is InChI=1S/C12H24O2.C5H11NO/c1-2-3-4-5-6-7-8-9-10-11-12(13)14;1-6-2-4-7-5-3-6/h2-11H2,1H3,(H,13,14);2-5H2,1H3. The average molecular weight is 301 g/mol. The van der Waals surface area contributed by atoms with Crippen LogP contribution < -0.4 is 0 Å². The Morgan fingerprint density at radius 1 is 0.952 bits per heavy atom. The Morgan fingerprint density at radius 2 is 1.43 bits per heavy atom. The minimum Gasteiger partial charge on any atom is -0.481 e. The van der Waals surface area contributed by atoms with Gasteiger partial charge in [-0.05, 0) is 13.5 Å². The van der Waals surface area contributed by atoms with Gasteiger partial charge in [0.05, 0.1) is 13.2 Å². The molecule has 21 heavy (non-hydrogen) atoms. The first-order chi connectivity index (χ1) is 10.2. The molecule has 0 aromatic heterocycles. The molecule has 0 saturated carbocycles. The molecule has 0 amide bonds. The topological polar surface area (TPSA) is 49.8 Å². The van der Waals surface area contributed by atoms with Crippen LogP contribution in [0.15, 0.2) is 0 Å². The SMILES string of the molecule is CCCCCCCCCCCC(=O)O.CN1CCOCC1. The molecule has 126 valence electrons. The maximum Gasteiger partial charge on any atom is 0.303 e. The average Bonchev–Trinajstić information content (AvgIpc) is 2.47. The summed E-state index contributed by atoms with van der Waals surface area (Å²) in [6.07, 6.45) is 11.5. The van der Waals surface area contributed by atoms with Crippen LogP contribution in [0, 0.1) is 0 Å². The lowest BCUT2D eigenvalue weighted by Gasteiger charge is -2.21. The van der Waals surface area contributed by atoms with E-state index in [9.17, 15) is 4.79 Å². The van der Waals surface area contributed by atoms with E-state index in [1.165, 1.54) is 44.9 Å². The Bertz CT molecular complexity index is 228. The molecule has 0 unspecified atom stereocenters. The minimum atomic E-state index is -0.659. The summed E-state index contributed by atoms with van der Waals surface area (Å²) in [5.41, 5.74) is 0. The summed E-state index contributed by atoms with van der Waals surface area (Å²) in [6, 6.07) is 0. The first-order valence-electron chi connectivity index (χ1n) is 8.65. The molecular weight excluding hydrogens is 266 g/mol. The van der Waals surface area contributed by atoms with Crippen LogP contribution in [0.4, 0.5) is 0 Å². The first-order valence-corrected chi connectivity index (χ1v) is 8.65.